The lowest BCUT2D eigenvalue weighted by atomic mass is 10.0. The predicted molar refractivity (Wildman–Crippen MR) is 257 cm³/mol. The van der Waals surface area contributed by atoms with Gasteiger partial charge in [0, 0.05) is 44.5 Å². The molecule has 2 heterocycles. The summed E-state index contributed by atoms with van der Waals surface area (Å²) in [7, 11) is 0. The fourth-order valence-electron chi connectivity index (χ4n) is 8.30. The van der Waals surface area contributed by atoms with Crippen molar-refractivity contribution in [3.8, 4) is 67.3 Å². The minimum absolute atomic E-state index is 0.691. The van der Waals surface area contributed by atoms with Crippen molar-refractivity contribution in [3.05, 3.63) is 237 Å². The van der Waals surface area contributed by atoms with Gasteiger partial charge in [0.2, 0.25) is 0 Å². The Labute approximate surface area is 360 Å². The molecule has 292 valence electrons. The van der Waals surface area contributed by atoms with Crippen LogP contribution in [0.4, 0.5) is 17.1 Å². The van der Waals surface area contributed by atoms with Crippen LogP contribution in [0.2, 0.25) is 0 Å². The Hall–Kier alpha value is -8.34. The van der Waals surface area contributed by atoms with E-state index >= 15 is 0 Å². The van der Waals surface area contributed by atoms with Gasteiger partial charge in [-0.2, -0.15) is 0 Å². The van der Waals surface area contributed by atoms with Gasteiger partial charge in [0.1, 0.15) is 11.2 Å². The van der Waals surface area contributed by atoms with Gasteiger partial charge in [0.25, 0.3) is 0 Å². The monoisotopic (exact) mass is 793 g/mol. The quantitative estimate of drug-likeness (QED) is 0.146. The van der Waals surface area contributed by atoms with Gasteiger partial charge in [-0.15, -0.1) is 0 Å². The van der Waals surface area contributed by atoms with Gasteiger partial charge >= 0.3 is 0 Å². The smallest absolute Gasteiger partial charge is 0.160 e. The predicted octanol–water partition coefficient (Wildman–Crippen LogP) is 15.8. The molecule has 11 rings (SSSR count). The second-order valence-corrected chi connectivity index (χ2v) is 15.4. The number of fused-ring (bicyclic) bond motifs is 3. The van der Waals surface area contributed by atoms with Crippen LogP contribution in [0.3, 0.4) is 0 Å². The standard InChI is InChI=1S/C58H39N3O/c1-5-13-40(14-6-1)42-21-29-49(30-22-42)61(50-31-23-43(24-32-50)41-15-7-2-8-16-41)51-33-25-44(26-34-51)47-27-35-56-52(37-47)53-38-48(28-36-57(53)62-56)55-39-54(45-17-9-3-10-18-45)59-58(60-55)46-19-11-4-12-20-46/h1-39H. The molecule has 0 N–H and O–H groups in total. The van der Waals surface area contributed by atoms with Gasteiger partial charge in [0.15, 0.2) is 5.82 Å². The van der Waals surface area contributed by atoms with E-state index in [1.807, 2.05) is 36.4 Å². The lowest BCUT2D eigenvalue weighted by molar-refractivity contribution is 0.669. The first-order valence-electron chi connectivity index (χ1n) is 20.9. The Morgan fingerprint density at radius 3 is 1.08 bits per heavy atom. The highest BCUT2D eigenvalue weighted by Crippen LogP contribution is 2.40. The number of aromatic nitrogens is 2. The lowest BCUT2D eigenvalue weighted by Crippen LogP contribution is -2.09. The molecule has 0 aliphatic heterocycles. The maximum absolute atomic E-state index is 6.40. The highest BCUT2D eigenvalue weighted by atomic mass is 16.3. The van der Waals surface area contributed by atoms with E-state index in [0.29, 0.717) is 5.82 Å². The van der Waals surface area contributed by atoms with E-state index in [2.05, 4.69) is 205 Å². The first-order valence-corrected chi connectivity index (χ1v) is 20.9. The number of hydrogen-bond acceptors (Lipinski definition) is 4. The van der Waals surface area contributed by atoms with Crippen LogP contribution in [0.5, 0.6) is 0 Å². The Bertz CT molecular complexity index is 3150. The number of hydrogen-bond donors (Lipinski definition) is 0. The van der Waals surface area contributed by atoms with Gasteiger partial charge < -0.3 is 9.32 Å². The summed E-state index contributed by atoms with van der Waals surface area (Å²) < 4.78 is 6.40. The summed E-state index contributed by atoms with van der Waals surface area (Å²) in [6, 6.07) is 82.9. The molecule has 0 spiro atoms. The summed E-state index contributed by atoms with van der Waals surface area (Å²) in [4.78, 5) is 12.4. The van der Waals surface area contributed by atoms with E-state index in [-0.39, 0.29) is 0 Å². The van der Waals surface area contributed by atoms with E-state index in [0.717, 1.165) is 78.2 Å². The van der Waals surface area contributed by atoms with E-state index in [9.17, 15) is 0 Å². The van der Waals surface area contributed by atoms with Crippen LogP contribution in [0, 0.1) is 0 Å². The fourth-order valence-corrected chi connectivity index (χ4v) is 8.30. The Balaban J connectivity index is 0.950. The molecule has 0 atom stereocenters. The molecule has 0 bridgehead atoms. The average molecular weight is 794 g/mol. The molecule has 4 nitrogen and oxygen atoms in total. The molecule has 0 radical (unpaired) electrons. The largest absolute Gasteiger partial charge is 0.456 e. The molecule has 0 aliphatic carbocycles. The zero-order valence-electron chi connectivity index (χ0n) is 33.8. The Morgan fingerprint density at radius 2 is 0.613 bits per heavy atom. The van der Waals surface area contributed by atoms with Gasteiger partial charge in [-0.1, -0.05) is 164 Å². The van der Waals surface area contributed by atoms with Crippen molar-refractivity contribution >= 4 is 39.0 Å². The summed E-state index contributed by atoms with van der Waals surface area (Å²) in [6.07, 6.45) is 0. The van der Waals surface area contributed by atoms with Gasteiger partial charge in [-0.25, -0.2) is 9.97 Å². The summed E-state index contributed by atoms with van der Waals surface area (Å²) >= 11 is 0. The molecule has 0 saturated carbocycles. The number of benzene rings is 9. The molecule has 11 aromatic rings. The van der Waals surface area contributed by atoms with Crippen molar-refractivity contribution < 1.29 is 4.42 Å². The van der Waals surface area contributed by atoms with E-state index < -0.39 is 0 Å². The van der Waals surface area contributed by atoms with E-state index in [1.165, 1.54) is 22.3 Å². The zero-order chi connectivity index (χ0) is 41.2. The average Bonchev–Trinajstić information content (AvgIpc) is 3.73. The molecule has 9 aromatic carbocycles. The molecule has 0 saturated heterocycles. The zero-order valence-corrected chi connectivity index (χ0v) is 33.8. The highest BCUT2D eigenvalue weighted by molar-refractivity contribution is 6.07. The van der Waals surface area contributed by atoms with Crippen LogP contribution >= 0.6 is 0 Å². The number of rotatable bonds is 9. The van der Waals surface area contributed by atoms with E-state index in [1.54, 1.807) is 0 Å². The van der Waals surface area contributed by atoms with Crippen LogP contribution in [-0.2, 0) is 0 Å². The summed E-state index contributed by atoms with van der Waals surface area (Å²) in [5.41, 5.74) is 16.7. The second-order valence-electron chi connectivity index (χ2n) is 15.4. The third-order valence-electron chi connectivity index (χ3n) is 11.5. The first-order chi connectivity index (χ1) is 30.7. The van der Waals surface area contributed by atoms with E-state index in [4.69, 9.17) is 14.4 Å². The maximum Gasteiger partial charge on any atom is 0.160 e. The molecule has 4 heteroatoms. The van der Waals surface area contributed by atoms with Crippen LogP contribution in [0.25, 0.3) is 89.2 Å². The normalized spacial score (nSPS) is 11.2. The number of furan rings is 1. The van der Waals surface area contributed by atoms with Crippen molar-refractivity contribution in [3.63, 3.8) is 0 Å². The van der Waals surface area contributed by atoms with Crippen molar-refractivity contribution in [2.45, 2.75) is 0 Å². The summed E-state index contributed by atoms with van der Waals surface area (Å²) in [6.45, 7) is 0. The molecule has 0 unspecified atom stereocenters. The minimum Gasteiger partial charge on any atom is -0.456 e. The summed E-state index contributed by atoms with van der Waals surface area (Å²) in [5.74, 6) is 0.691. The van der Waals surface area contributed by atoms with Crippen LogP contribution < -0.4 is 4.90 Å². The molecule has 0 aliphatic rings. The van der Waals surface area contributed by atoms with Crippen molar-refractivity contribution in [2.24, 2.45) is 0 Å². The number of anilines is 3. The molecule has 62 heavy (non-hydrogen) atoms. The van der Waals surface area contributed by atoms with Crippen molar-refractivity contribution in [1.29, 1.82) is 0 Å². The SMILES string of the molecule is c1ccc(-c2ccc(N(c3ccc(-c4ccccc4)cc3)c3ccc(-c4ccc5oc6ccc(-c7cc(-c8ccccc8)nc(-c8ccccc8)n7)cc6c5c4)cc3)cc2)cc1. The van der Waals surface area contributed by atoms with Gasteiger partial charge in [0.05, 0.1) is 11.4 Å². The highest BCUT2D eigenvalue weighted by Gasteiger charge is 2.16. The van der Waals surface area contributed by atoms with Crippen LogP contribution in [-0.4, -0.2) is 9.97 Å². The Kier molecular flexibility index (Phi) is 9.49. The van der Waals surface area contributed by atoms with Gasteiger partial charge in [-0.05, 0) is 106 Å². The van der Waals surface area contributed by atoms with Crippen LogP contribution in [0.15, 0.2) is 241 Å². The topological polar surface area (TPSA) is 42.2 Å². The third-order valence-corrected chi connectivity index (χ3v) is 11.5. The molecular formula is C58H39N3O. The summed E-state index contributed by atoms with van der Waals surface area (Å²) in [5, 5.41) is 2.10. The first kappa shape index (κ1) is 36.7. The lowest BCUT2D eigenvalue weighted by Gasteiger charge is -2.26. The van der Waals surface area contributed by atoms with Crippen LogP contribution in [0.1, 0.15) is 0 Å². The second kappa shape index (κ2) is 16.0. The Morgan fingerprint density at radius 1 is 0.274 bits per heavy atom. The van der Waals surface area contributed by atoms with Gasteiger partial charge in [-0.3, -0.25) is 0 Å². The van der Waals surface area contributed by atoms with Crippen molar-refractivity contribution in [1.82, 2.24) is 9.97 Å². The third kappa shape index (κ3) is 7.20. The molecule has 2 aromatic heterocycles. The number of nitrogens with zero attached hydrogens (tertiary/aromatic N) is 3. The van der Waals surface area contributed by atoms with Crippen molar-refractivity contribution in [2.75, 3.05) is 4.90 Å². The minimum atomic E-state index is 0.691. The molecule has 0 amide bonds. The molecule has 0 fully saturated rings. The maximum atomic E-state index is 6.40. The molecular weight excluding hydrogens is 755 g/mol. The fraction of sp³-hybridized carbons (Fsp3) is 0.